The fourth-order valence-electron chi connectivity index (χ4n) is 2.63. The van der Waals surface area contributed by atoms with Gasteiger partial charge in [-0.2, -0.15) is 0 Å². The molecule has 1 heterocycles. The highest BCUT2D eigenvalue weighted by molar-refractivity contribution is 9.10. The average Bonchev–Trinajstić information content (AvgIpc) is 2.49. The molecular weight excluding hydrogens is 417 g/mol. The maximum atomic E-state index is 6.18. The van der Waals surface area contributed by atoms with Gasteiger partial charge in [0.1, 0.15) is 11.9 Å². The maximum Gasteiger partial charge on any atom is 0.126 e. The van der Waals surface area contributed by atoms with Gasteiger partial charge >= 0.3 is 0 Å². The van der Waals surface area contributed by atoms with E-state index in [0.29, 0.717) is 5.02 Å². The van der Waals surface area contributed by atoms with E-state index in [2.05, 4.69) is 43.2 Å². The number of benzene rings is 2. The predicted molar refractivity (Wildman–Crippen MR) is 93.1 cm³/mol. The van der Waals surface area contributed by atoms with Crippen LogP contribution in [0.25, 0.3) is 0 Å². The van der Waals surface area contributed by atoms with Crippen molar-refractivity contribution in [2.75, 3.05) is 7.05 Å². The van der Waals surface area contributed by atoms with Gasteiger partial charge in [0.2, 0.25) is 0 Å². The van der Waals surface area contributed by atoms with E-state index in [1.165, 1.54) is 5.56 Å². The third kappa shape index (κ3) is 3.14. The SMILES string of the molecule is CNC1CC(c2ccc(Cl)c(Br)c2)Oc2ccc(Br)cc21. The number of ether oxygens (including phenoxy) is 1. The van der Waals surface area contributed by atoms with E-state index in [9.17, 15) is 0 Å². The van der Waals surface area contributed by atoms with Gasteiger partial charge in [0.05, 0.1) is 5.02 Å². The third-order valence-electron chi connectivity index (χ3n) is 3.73. The Bertz CT molecular complexity index is 677. The molecule has 0 saturated carbocycles. The smallest absolute Gasteiger partial charge is 0.126 e. The van der Waals surface area contributed by atoms with Crippen LogP contribution in [0.2, 0.25) is 5.02 Å². The minimum absolute atomic E-state index is 0.0182. The van der Waals surface area contributed by atoms with Crippen LogP contribution in [0.1, 0.15) is 29.7 Å². The quantitative estimate of drug-likeness (QED) is 0.664. The lowest BCUT2D eigenvalue weighted by atomic mass is 9.93. The molecule has 0 spiro atoms. The van der Waals surface area contributed by atoms with Gasteiger partial charge in [-0.25, -0.2) is 0 Å². The predicted octanol–water partition coefficient (Wildman–Crippen LogP) is 5.65. The third-order valence-corrected chi connectivity index (χ3v) is 5.44. The minimum atomic E-state index is 0.0182. The Kier molecular flexibility index (Phi) is 4.60. The van der Waals surface area contributed by atoms with Gasteiger partial charge in [0.15, 0.2) is 0 Å². The van der Waals surface area contributed by atoms with Crippen LogP contribution in [-0.4, -0.2) is 7.05 Å². The topological polar surface area (TPSA) is 21.3 Å². The lowest BCUT2D eigenvalue weighted by Gasteiger charge is -2.32. The summed E-state index contributed by atoms with van der Waals surface area (Å²) in [5.41, 5.74) is 2.32. The number of hydrogen-bond acceptors (Lipinski definition) is 2. The van der Waals surface area contributed by atoms with Crippen molar-refractivity contribution in [3.63, 3.8) is 0 Å². The molecule has 0 bridgehead atoms. The normalized spacial score (nSPS) is 20.8. The van der Waals surface area contributed by atoms with Crippen LogP contribution in [0.4, 0.5) is 0 Å². The zero-order valence-electron chi connectivity index (χ0n) is 11.4. The fraction of sp³-hybridized carbons (Fsp3) is 0.250. The molecule has 2 nitrogen and oxygen atoms in total. The number of halogens is 3. The zero-order chi connectivity index (χ0) is 15.0. The average molecular weight is 432 g/mol. The first-order valence-electron chi connectivity index (χ1n) is 6.67. The molecule has 0 aliphatic carbocycles. The van der Waals surface area contributed by atoms with E-state index in [0.717, 1.165) is 26.7 Å². The molecule has 0 fully saturated rings. The van der Waals surface area contributed by atoms with E-state index in [1.807, 2.05) is 37.4 Å². The summed E-state index contributed by atoms with van der Waals surface area (Å²) < 4.78 is 8.14. The summed E-state index contributed by atoms with van der Waals surface area (Å²) >= 11 is 13.1. The van der Waals surface area contributed by atoms with Gasteiger partial charge in [-0.3, -0.25) is 0 Å². The van der Waals surface area contributed by atoms with Crippen LogP contribution in [0.15, 0.2) is 45.3 Å². The summed E-state index contributed by atoms with van der Waals surface area (Å²) in [6, 6.07) is 12.4. The Morgan fingerprint density at radius 2 is 2.00 bits per heavy atom. The van der Waals surface area contributed by atoms with Crippen molar-refractivity contribution in [3.8, 4) is 5.75 Å². The highest BCUT2D eigenvalue weighted by Crippen LogP contribution is 2.42. The Balaban J connectivity index is 1.96. The summed E-state index contributed by atoms with van der Waals surface area (Å²) in [5.74, 6) is 0.930. The minimum Gasteiger partial charge on any atom is -0.485 e. The number of hydrogen-bond donors (Lipinski definition) is 1. The first-order valence-corrected chi connectivity index (χ1v) is 8.63. The molecule has 0 radical (unpaired) electrons. The van der Waals surface area contributed by atoms with Crippen molar-refractivity contribution in [3.05, 3.63) is 61.5 Å². The second-order valence-corrected chi connectivity index (χ2v) is 7.22. The van der Waals surface area contributed by atoms with Crippen LogP contribution in [0.3, 0.4) is 0 Å². The first kappa shape index (κ1) is 15.3. The molecule has 5 heteroatoms. The molecule has 2 unspecified atom stereocenters. The van der Waals surface area contributed by atoms with Gasteiger partial charge in [-0.05, 0) is 58.9 Å². The highest BCUT2D eigenvalue weighted by Gasteiger charge is 2.28. The second kappa shape index (κ2) is 6.29. The molecule has 21 heavy (non-hydrogen) atoms. The molecule has 1 aliphatic rings. The summed E-state index contributed by atoms with van der Waals surface area (Å²) in [7, 11) is 1.98. The van der Waals surface area contributed by atoms with Crippen LogP contribution >= 0.6 is 43.5 Å². The molecule has 0 aromatic heterocycles. The number of nitrogens with one attached hydrogen (secondary N) is 1. The van der Waals surface area contributed by atoms with Crippen LogP contribution in [0, 0.1) is 0 Å². The molecule has 110 valence electrons. The van der Waals surface area contributed by atoms with Crippen molar-refractivity contribution < 1.29 is 4.74 Å². The Labute approximate surface area is 146 Å². The van der Waals surface area contributed by atoms with Crippen molar-refractivity contribution in [1.29, 1.82) is 0 Å². The Hall–Kier alpha value is -0.550. The van der Waals surface area contributed by atoms with Gasteiger partial charge in [0, 0.05) is 27.0 Å². The largest absolute Gasteiger partial charge is 0.485 e. The van der Waals surface area contributed by atoms with Gasteiger partial charge in [-0.15, -0.1) is 0 Å². The first-order chi connectivity index (χ1) is 10.1. The van der Waals surface area contributed by atoms with Gasteiger partial charge in [-0.1, -0.05) is 33.6 Å². The van der Waals surface area contributed by atoms with E-state index in [-0.39, 0.29) is 12.1 Å². The second-order valence-electron chi connectivity index (χ2n) is 5.04. The Morgan fingerprint density at radius 3 is 2.71 bits per heavy atom. The fourth-order valence-corrected chi connectivity index (χ4v) is 3.52. The molecule has 0 saturated heterocycles. The molecule has 2 aromatic rings. The summed E-state index contributed by atoms with van der Waals surface area (Å²) in [6.45, 7) is 0. The monoisotopic (exact) mass is 429 g/mol. The standard InChI is InChI=1S/C16H14Br2ClNO/c1-20-14-8-16(9-2-4-13(19)12(18)6-9)21-15-5-3-10(17)7-11(14)15/h2-7,14,16,20H,8H2,1H3. The highest BCUT2D eigenvalue weighted by atomic mass is 79.9. The van der Waals surface area contributed by atoms with E-state index in [4.69, 9.17) is 16.3 Å². The molecule has 1 aliphatic heterocycles. The van der Waals surface area contributed by atoms with Crippen LogP contribution in [-0.2, 0) is 0 Å². The van der Waals surface area contributed by atoms with Gasteiger partial charge < -0.3 is 10.1 Å². The van der Waals surface area contributed by atoms with E-state index >= 15 is 0 Å². The summed E-state index contributed by atoms with van der Waals surface area (Å²) in [6.07, 6.45) is 0.901. The van der Waals surface area contributed by atoms with Crippen LogP contribution < -0.4 is 10.1 Å². The van der Waals surface area contributed by atoms with E-state index in [1.54, 1.807) is 0 Å². The number of rotatable bonds is 2. The maximum absolute atomic E-state index is 6.18. The molecule has 2 atom stereocenters. The number of fused-ring (bicyclic) bond motifs is 1. The summed E-state index contributed by atoms with van der Waals surface area (Å²) in [4.78, 5) is 0. The van der Waals surface area contributed by atoms with Gasteiger partial charge in [0.25, 0.3) is 0 Å². The molecule has 3 rings (SSSR count). The molecule has 0 amide bonds. The molecular formula is C16H14Br2ClNO. The molecule has 1 N–H and O–H groups in total. The van der Waals surface area contributed by atoms with Crippen molar-refractivity contribution in [1.82, 2.24) is 5.32 Å². The van der Waals surface area contributed by atoms with Crippen LogP contribution in [0.5, 0.6) is 5.75 Å². The van der Waals surface area contributed by atoms with Crippen molar-refractivity contribution >= 4 is 43.5 Å². The van der Waals surface area contributed by atoms with Crippen molar-refractivity contribution in [2.24, 2.45) is 0 Å². The van der Waals surface area contributed by atoms with E-state index < -0.39 is 0 Å². The molecule has 2 aromatic carbocycles. The lowest BCUT2D eigenvalue weighted by molar-refractivity contribution is 0.154. The summed E-state index contributed by atoms with van der Waals surface area (Å²) in [5, 5.41) is 4.09. The zero-order valence-corrected chi connectivity index (χ0v) is 15.3. The lowest BCUT2D eigenvalue weighted by Crippen LogP contribution is -2.26. The Morgan fingerprint density at radius 1 is 1.19 bits per heavy atom. The van der Waals surface area contributed by atoms with Crippen molar-refractivity contribution in [2.45, 2.75) is 18.6 Å².